The van der Waals surface area contributed by atoms with Crippen LogP contribution in [0.5, 0.6) is 5.75 Å². The Labute approximate surface area is 141 Å². The normalized spacial score (nSPS) is 13.5. The van der Waals surface area contributed by atoms with E-state index in [9.17, 15) is 13.0 Å². The van der Waals surface area contributed by atoms with Crippen LogP contribution in [0.15, 0.2) is 17.0 Å². The Bertz CT molecular complexity index is 877. The molecule has 1 aromatic carbocycles. The molecule has 0 fully saturated rings. The number of fused-ring (bicyclic) bond motifs is 3. The Kier molecular flexibility index (Phi) is 4.39. The van der Waals surface area contributed by atoms with Crippen molar-refractivity contribution in [1.82, 2.24) is 0 Å². The molecule has 3 rings (SSSR count). The van der Waals surface area contributed by atoms with Crippen molar-refractivity contribution in [2.75, 3.05) is 6.61 Å². The summed E-state index contributed by atoms with van der Waals surface area (Å²) in [6.07, 6.45) is 2.42. The summed E-state index contributed by atoms with van der Waals surface area (Å²) >= 11 is 5.33. The number of rotatable bonds is 4. The minimum absolute atomic E-state index is 0.170. The zero-order chi connectivity index (χ0) is 15.9. The zero-order valence-corrected chi connectivity index (χ0v) is 15.1. The molecule has 0 spiro atoms. The van der Waals surface area contributed by atoms with Crippen LogP contribution in [-0.2, 0) is 23.0 Å². The molecule has 1 aliphatic rings. The predicted octanol–water partition coefficient (Wildman–Crippen LogP) is 4.34. The van der Waals surface area contributed by atoms with Gasteiger partial charge in [-0.25, -0.2) is 0 Å². The van der Waals surface area contributed by atoms with Crippen molar-refractivity contribution in [3.63, 3.8) is 0 Å². The second-order valence-electron chi connectivity index (χ2n) is 5.04. The first kappa shape index (κ1) is 16.1. The van der Waals surface area contributed by atoms with Crippen LogP contribution < -0.4 is 4.74 Å². The summed E-state index contributed by atoms with van der Waals surface area (Å²) in [6.45, 7) is 2.35. The molecule has 0 saturated heterocycles. The standard InChI is InChI=1S/C14H14O4S4/c1-2-5-18-11-6-8-3-4-9-13(20-21-14(9)19)10(8)7-12(11)22(15,16)17/h6-7H,2-5H2,1H3,(H,15,16,17). The third-order valence-corrected chi connectivity index (χ3v) is 7.57. The van der Waals surface area contributed by atoms with Crippen molar-refractivity contribution in [1.29, 1.82) is 0 Å². The Morgan fingerprint density at radius 1 is 1.32 bits per heavy atom. The molecule has 0 aliphatic heterocycles. The molecule has 0 radical (unpaired) electrons. The first-order valence-electron chi connectivity index (χ1n) is 6.81. The van der Waals surface area contributed by atoms with Gasteiger partial charge in [-0.05, 0) is 42.5 Å². The van der Waals surface area contributed by atoms with Gasteiger partial charge in [0, 0.05) is 5.56 Å². The fourth-order valence-electron chi connectivity index (χ4n) is 2.50. The molecule has 0 amide bonds. The van der Waals surface area contributed by atoms with Crippen molar-refractivity contribution in [3.8, 4) is 16.2 Å². The largest absolute Gasteiger partial charge is 0.492 e. The second-order valence-corrected chi connectivity index (χ2v) is 9.25. The average molecular weight is 375 g/mol. The molecule has 1 N–H and O–H groups in total. The van der Waals surface area contributed by atoms with E-state index >= 15 is 0 Å². The lowest BCUT2D eigenvalue weighted by atomic mass is 9.92. The van der Waals surface area contributed by atoms with Crippen molar-refractivity contribution < 1.29 is 17.7 Å². The van der Waals surface area contributed by atoms with E-state index in [-0.39, 0.29) is 10.6 Å². The molecule has 22 heavy (non-hydrogen) atoms. The first-order chi connectivity index (χ1) is 10.4. The monoisotopic (exact) mass is 374 g/mol. The highest BCUT2D eigenvalue weighted by molar-refractivity contribution is 7.86. The molecule has 4 nitrogen and oxygen atoms in total. The van der Waals surface area contributed by atoms with Gasteiger partial charge < -0.3 is 4.74 Å². The minimum Gasteiger partial charge on any atom is -0.492 e. The van der Waals surface area contributed by atoms with E-state index in [1.165, 1.54) is 16.4 Å². The molecule has 2 aromatic rings. The van der Waals surface area contributed by atoms with E-state index in [0.29, 0.717) is 6.61 Å². The first-order valence-corrected chi connectivity index (χ1v) is 10.8. The van der Waals surface area contributed by atoms with Gasteiger partial charge in [-0.15, -0.1) is 0 Å². The van der Waals surface area contributed by atoms with Crippen LogP contribution in [0.2, 0.25) is 0 Å². The van der Waals surface area contributed by atoms with E-state index in [4.69, 9.17) is 17.0 Å². The van der Waals surface area contributed by atoms with Crippen molar-refractivity contribution >= 4 is 43.0 Å². The Morgan fingerprint density at radius 3 is 2.77 bits per heavy atom. The van der Waals surface area contributed by atoms with Gasteiger partial charge in [-0.3, -0.25) is 4.55 Å². The minimum atomic E-state index is -4.34. The predicted molar refractivity (Wildman–Crippen MR) is 91.5 cm³/mol. The highest BCUT2D eigenvalue weighted by Gasteiger charge is 2.25. The Hall–Kier alpha value is -0.800. The fraction of sp³-hybridized carbons (Fsp3) is 0.357. The van der Waals surface area contributed by atoms with E-state index in [1.54, 1.807) is 16.4 Å². The molecular formula is C14H14O4S4. The molecule has 0 saturated carbocycles. The van der Waals surface area contributed by atoms with Crippen LogP contribution in [0.3, 0.4) is 0 Å². The molecule has 0 bridgehead atoms. The summed E-state index contributed by atoms with van der Waals surface area (Å²) < 4.78 is 39.2. The molecule has 118 valence electrons. The summed E-state index contributed by atoms with van der Waals surface area (Å²) in [5.41, 5.74) is 2.99. The number of ether oxygens (including phenoxy) is 1. The maximum atomic E-state index is 11.7. The quantitative estimate of drug-likeness (QED) is 0.490. The smallest absolute Gasteiger partial charge is 0.298 e. The van der Waals surface area contributed by atoms with Crippen LogP contribution in [0.4, 0.5) is 0 Å². The van der Waals surface area contributed by atoms with Crippen LogP contribution in [0.25, 0.3) is 10.4 Å². The molecule has 0 unspecified atom stereocenters. The SMILES string of the molecule is CCCOc1cc2c(cc1S(=O)(=O)O)-c1ssc(=S)c1CC2. The van der Waals surface area contributed by atoms with Crippen LogP contribution in [0, 0.1) is 3.82 Å². The highest BCUT2D eigenvalue weighted by Crippen LogP contribution is 2.43. The van der Waals surface area contributed by atoms with Gasteiger partial charge in [0.05, 0.1) is 11.5 Å². The molecular weight excluding hydrogens is 360 g/mol. The summed E-state index contributed by atoms with van der Waals surface area (Å²) in [5, 5.41) is 0. The highest BCUT2D eigenvalue weighted by atomic mass is 32.9. The fourth-order valence-corrected chi connectivity index (χ4v) is 6.18. The van der Waals surface area contributed by atoms with Crippen LogP contribution >= 0.6 is 32.9 Å². The average Bonchev–Trinajstić information content (AvgIpc) is 2.85. The third-order valence-electron chi connectivity index (χ3n) is 3.52. The van der Waals surface area contributed by atoms with Crippen LogP contribution in [0.1, 0.15) is 24.5 Å². The van der Waals surface area contributed by atoms with Crippen LogP contribution in [-0.4, -0.2) is 19.6 Å². The van der Waals surface area contributed by atoms with Crippen molar-refractivity contribution in [2.24, 2.45) is 0 Å². The van der Waals surface area contributed by atoms with Gasteiger partial charge >= 0.3 is 0 Å². The van der Waals surface area contributed by atoms with Gasteiger partial charge in [-0.1, -0.05) is 39.8 Å². The summed E-state index contributed by atoms with van der Waals surface area (Å²) in [4.78, 5) is 0.847. The van der Waals surface area contributed by atoms with Gasteiger partial charge in [0.15, 0.2) is 0 Å². The van der Waals surface area contributed by atoms with Gasteiger partial charge in [0.2, 0.25) is 0 Å². The second kappa shape index (κ2) is 6.01. The van der Waals surface area contributed by atoms with E-state index in [1.807, 2.05) is 6.92 Å². The van der Waals surface area contributed by atoms with Crippen molar-refractivity contribution in [3.05, 3.63) is 27.1 Å². The lowest BCUT2D eigenvalue weighted by molar-refractivity contribution is 0.307. The van der Waals surface area contributed by atoms with E-state index in [0.717, 1.165) is 44.7 Å². The zero-order valence-electron chi connectivity index (χ0n) is 11.8. The molecule has 8 heteroatoms. The third kappa shape index (κ3) is 2.85. The molecule has 1 aromatic heterocycles. The lowest BCUT2D eigenvalue weighted by Gasteiger charge is -2.19. The number of benzene rings is 1. The van der Waals surface area contributed by atoms with Gasteiger partial charge in [-0.2, -0.15) is 8.42 Å². The summed E-state index contributed by atoms with van der Waals surface area (Å²) in [7, 11) is -1.25. The Balaban J connectivity index is 2.21. The molecule has 1 aliphatic carbocycles. The maximum absolute atomic E-state index is 11.7. The number of hydrogen-bond acceptors (Lipinski definition) is 6. The topological polar surface area (TPSA) is 63.6 Å². The Morgan fingerprint density at radius 2 is 2.09 bits per heavy atom. The summed E-state index contributed by atoms with van der Waals surface area (Å²) in [6, 6.07) is 3.26. The lowest BCUT2D eigenvalue weighted by Crippen LogP contribution is -2.09. The van der Waals surface area contributed by atoms with Gasteiger partial charge in [0.25, 0.3) is 10.1 Å². The maximum Gasteiger partial charge on any atom is 0.298 e. The molecule has 0 atom stereocenters. The number of hydrogen-bond donors (Lipinski definition) is 1. The summed E-state index contributed by atoms with van der Waals surface area (Å²) in [5.74, 6) is 0.227. The van der Waals surface area contributed by atoms with E-state index < -0.39 is 10.1 Å². The van der Waals surface area contributed by atoms with Crippen molar-refractivity contribution in [2.45, 2.75) is 31.1 Å². The molecule has 1 heterocycles. The van der Waals surface area contributed by atoms with Gasteiger partial charge in [0.1, 0.15) is 14.5 Å². The van der Waals surface area contributed by atoms with E-state index in [2.05, 4.69) is 0 Å². The number of aryl methyl sites for hydroxylation is 1.